The molecule has 0 atom stereocenters. The van der Waals surface area contributed by atoms with E-state index in [2.05, 4.69) is 24.7 Å². The number of carbonyl (C=O) groups excluding carboxylic acids is 2. The van der Waals surface area contributed by atoms with Gasteiger partial charge in [0.25, 0.3) is 5.91 Å². The highest BCUT2D eigenvalue weighted by Crippen LogP contribution is 2.21. The summed E-state index contributed by atoms with van der Waals surface area (Å²) in [5.41, 5.74) is 6.16. The van der Waals surface area contributed by atoms with Crippen molar-refractivity contribution >= 4 is 23.6 Å². The molecule has 0 saturated carbocycles. The fraction of sp³-hybridized carbons (Fsp3) is 0.222. The van der Waals surface area contributed by atoms with Crippen molar-refractivity contribution < 1.29 is 14.0 Å². The van der Waals surface area contributed by atoms with E-state index in [1.165, 1.54) is 41.6 Å². The van der Waals surface area contributed by atoms with Gasteiger partial charge < -0.3 is 0 Å². The number of nitrogens with one attached hydrogen (secondary N) is 2. The van der Waals surface area contributed by atoms with E-state index in [0.717, 1.165) is 4.90 Å². The molecular weight excluding hydrogens is 327 g/mol. The second kappa shape index (κ2) is 8.49. The van der Waals surface area contributed by atoms with E-state index in [9.17, 15) is 14.0 Å². The molecule has 2 N–H and O–H groups in total. The van der Waals surface area contributed by atoms with Crippen LogP contribution < -0.4 is 10.9 Å². The van der Waals surface area contributed by atoms with Crippen molar-refractivity contribution in [3.8, 4) is 0 Å². The van der Waals surface area contributed by atoms with Crippen LogP contribution in [0.15, 0.2) is 53.4 Å². The van der Waals surface area contributed by atoms with Crippen molar-refractivity contribution in [2.45, 2.75) is 24.7 Å². The summed E-state index contributed by atoms with van der Waals surface area (Å²) in [6, 6.07) is 13.1. The molecule has 0 aromatic heterocycles. The van der Waals surface area contributed by atoms with Crippen LogP contribution in [0.5, 0.6) is 0 Å². The van der Waals surface area contributed by atoms with E-state index in [0.29, 0.717) is 5.92 Å². The summed E-state index contributed by atoms with van der Waals surface area (Å²) in [6.07, 6.45) is 0. The SMILES string of the molecule is CC(C)c1ccc(SCC(=O)NNC(=O)c2ccc(F)cc2)cc1. The Balaban J connectivity index is 1.77. The number of thioether (sulfide) groups is 1. The van der Waals surface area contributed by atoms with Crippen molar-refractivity contribution in [3.63, 3.8) is 0 Å². The second-order valence-electron chi connectivity index (χ2n) is 5.52. The Hall–Kier alpha value is -2.34. The van der Waals surface area contributed by atoms with Crippen LogP contribution in [0.25, 0.3) is 0 Å². The lowest BCUT2D eigenvalue weighted by atomic mass is 10.0. The maximum atomic E-state index is 12.8. The van der Waals surface area contributed by atoms with E-state index in [4.69, 9.17) is 0 Å². The minimum Gasteiger partial charge on any atom is -0.272 e. The first-order valence-corrected chi connectivity index (χ1v) is 8.52. The zero-order chi connectivity index (χ0) is 17.5. The fourth-order valence-electron chi connectivity index (χ4n) is 1.93. The summed E-state index contributed by atoms with van der Waals surface area (Å²) in [7, 11) is 0. The summed E-state index contributed by atoms with van der Waals surface area (Å²) in [6.45, 7) is 4.25. The van der Waals surface area contributed by atoms with Gasteiger partial charge >= 0.3 is 0 Å². The molecule has 2 rings (SSSR count). The Morgan fingerprint density at radius 3 is 2.21 bits per heavy atom. The Morgan fingerprint density at radius 1 is 1.00 bits per heavy atom. The minimum absolute atomic E-state index is 0.185. The van der Waals surface area contributed by atoms with Gasteiger partial charge in [-0.25, -0.2) is 4.39 Å². The Bertz CT molecular complexity index is 700. The Morgan fingerprint density at radius 2 is 1.62 bits per heavy atom. The van der Waals surface area contributed by atoms with Crippen LogP contribution >= 0.6 is 11.8 Å². The third-order valence-electron chi connectivity index (χ3n) is 3.34. The lowest BCUT2D eigenvalue weighted by Gasteiger charge is -2.08. The van der Waals surface area contributed by atoms with E-state index in [-0.39, 0.29) is 17.2 Å². The van der Waals surface area contributed by atoms with Crippen LogP contribution in [0, 0.1) is 5.82 Å². The van der Waals surface area contributed by atoms with Gasteiger partial charge in [-0.15, -0.1) is 11.8 Å². The molecule has 0 aliphatic rings. The van der Waals surface area contributed by atoms with Gasteiger partial charge in [0, 0.05) is 10.5 Å². The molecule has 0 spiro atoms. The molecule has 0 unspecified atom stereocenters. The van der Waals surface area contributed by atoms with Gasteiger partial charge in [0.15, 0.2) is 0 Å². The third-order valence-corrected chi connectivity index (χ3v) is 4.35. The number of hydrogen-bond donors (Lipinski definition) is 2. The van der Waals surface area contributed by atoms with Gasteiger partial charge in [0.2, 0.25) is 5.91 Å². The zero-order valence-corrected chi connectivity index (χ0v) is 14.3. The normalized spacial score (nSPS) is 10.5. The molecule has 6 heteroatoms. The van der Waals surface area contributed by atoms with Gasteiger partial charge in [0.1, 0.15) is 5.82 Å². The highest BCUT2D eigenvalue weighted by molar-refractivity contribution is 8.00. The maximum absolute atomic E-state index is 12.8. The fourth-order valence-corrected chi connectivity index (χ4v) is 2.63. The molecule has 2 aromatic rings. The minimum atomic E-state index is -0.491. The summed E-state index contributed by atoms with van der Waals surface area (Å²) in [5.74, 6) is -0.576. The predicted molar refractivity (Wildman–Crippen MR) is 93.3 cm³/mol. The lowest BCUT2D eigenvalue weighted by Crippen LogP contribution is -2.42. The molecule has 2 amide bonds. The van der Waals surface area contributed by atoms with Crippen molar-refractivity contribution in [3.05, 3.63) is 65.5 Å². The Kier molecular flexibility index (Phi) is 6.37. The largest absolute Gasteiger partial charge is 0.272 e. The molecule has 0 fully saturated rings. The molecule has 0 saturated heterocycles. The number of hydrogen-bond acceptors (Lipinski definition) is 3. The average Bonchev–Trinajstić information content (AvgIpc) is 2.58. The molecule has 4 nitrogen and oxygen atoms in total. The van der Waals surface area contributed by atoms with Crippen molar-refractivity contribution in [1.82, 2.24) is 10.9 Å². The summed E-state index contributed by atoms with van der Waals surface area (Å²) in [5, 5.41) is 0. The standard InChI is InChI=1S/C18H19FN2O2S/c1-12(2)13-5-9-16(10-6-13)24-11-17(22)20-21-18(23)14-3-7-15(19)8-4-14/h3-10,12H,11H2,1-2H3,(H,20,22)(H,21,23). The van der Waals surface area contributed by atoms with Crippen LogP contribution in [0.4, 0.5) is 4.39 Å². The molecule has 0 aliphatic heterocycles. The van der Waals surface area contributed by atoms with Crippen LogP contribution in [0.2, 0.25) is 0 Å². The predicted octanol–water partition coefficient (Wildman–Crippen LogP) is 3.50. The molecule has 0 bridgehead atoms. The maximum Gasteiger partial charge on any atom is 0.269 e. The first kappa shape index (κ1) is 18.0. The number of halogens is 1. The smallest absolute Gasteiger partial charge is 0.269 e. The first-order chi connectivity index (χ1) is 11.5. The summed E-state index contributed by atoms with van der Waals surface area (Å²) in [4.78, 5) is 24.5. The molecule has 24 heavy (non-hydrogen) atoms. The zero-order valence-electron chi connectivity index (χ0n) is 13.5. The van der Waals surface area contributed by atoms with Crippen LogP contribution in [0.3, 0.4) is 0 Å². The van der Waals surface area contributed by atoms with Gasteiger partial charge in [-0.3, -0.25) is 20.4 Å². The van der Waals surface area contributed by atoms with Crippen LogP contribution in [-0.4, -0.2) is 17.6 Å². The topological polar surface area (TPSA) is 58.2 Å². The first-order valence-electron chi connectivity index (χ1n) is 7.53. The van der Waals surface area contributed by atoms with Gasteiger partial charge in [-0.05, 0) is 47.9 Å². The number of amides is 2. The third kappa shape index (κ3) is 5.38. The molecule has 0 radical (unpaired) electrons. The number of benzene rings is 2. The Labute approximate surface area is 144 Å². The van der Waals surface area contributed by atoms with Gasteiger partial charge in [-0.2, -0.15) is 0 Å². The number of rotatable bonds is 5. The highest BCUT2D eigenvalue weighted by Gasteiger charge is 2.08. The molecule has 0 aliphatic carbocycles. The van der Waals surface area contributed by atoms with Crippen LogP contribution in [-0.2, 0) is 4.79 Å². The van der Waals surface area contributed by atoms with E-state index < -0.39 is 11.7 Å². The monoisotopic (exact) mass is 346 g/mol. The van der Waals surface area contributed by atoms with Crippen molar-refractivity contribution in [2.24, 2.45) is 0 Å². The van der Waals surface area contributed by atoms with E-state index in [1.54, 1.807) is 0 Å². The molecule has 2 aromatic carbocycles. The molecular formula is C18H19FN2O2S. The van der Waals surface area contributed by atoms with Gasteiger partial charge in [0.05, 0.1) is 5.75 Å². The van der Waals surface area contributed by atoms with Crippen LogP contribution in [0.1, 0.15) is 35.7 Å². The molecule has 126 valence electrons. The summed E-state index contributed by atoms with van der Waals surface area (Å²) < 4.78 is 12.8. The lowest BCUT2D eigenvalue weighted by molar-refractivity contribution is -0.119. The average molecular weight is 346 g/mol. The van der Waals surface area contributed by atoms with Gasteiger partial charge in [-0.1, -0.05) is 26.0 Å². The van der Waals surface area contributed by atoms with E-state index in [1.807, 2.05) is 24.3 Å². The second-order valence-corrected chi connectivity index (χ2v) is 6.57. The highest BCUT2D eigenvalue weighted by atomic mass is 32.2. The molecule has 0 heterocycles. The van der Waals surface area contributed by atoms with Crippen molar-refractivity contribution in [1.29, 1.82) is 0 Å². The summed E-state index contributed by atoms with van der Waals surface area (Å²) >= 11 is 1.39. The number of carbonyl (C=O) groups is 2. The number of hydrazine groups is 1. The quantitative estimate of drug-likeness (QED) is 0.643. The van der Waals surface area contributed by atoms with E-state index >= 15 is 0 Å². The van der Waals surface area contributed by atoms with Crippen molar-refractivity contribution in [2.75, 3.05) is 5.75 Å².